The predicted molar refractivity (Wildman–Crippen MR) is 78.4 cm³/mol. The van der Waals surface area contributed by atoms with Gasteiger partial charge in [0.05, 0.1) is 12.2 Å². The van der Waals surface area contributed by atoms with Crippen LogP contribution in [-0.2, 0) is 7.05 Å². The van der Waals surface area contributed by atoms with Crippen LogP contribution >= 0.6 is 11.3 Å². The molecular weight excluding hydrogens is 272 g/mol. The standard InChI is InChI=1S/C13H14N6S/c1-9(10-7-15-19(2)8-10)16-13-18-17-12(20-13)11-5-3-4-6-14-11/h3-9H,1-2H3,(H,16,18). The van der Waals surface area contributed by atoms with Crippen LogP contribution in [0.1, 0.15) is 18.5 Å². The van der Waals surface area contributed by atoms with Crippen molar-refractivity contribution >= 4 is 16.5 Å². The second-order valence-corrected chi connectivity index (χ2v) is 5.42. The molecule has 3 rings (SSSR count). The van der Waals surface area contributed by atoms with E-state index in [0.717, 1.165) is 21.4 Å². The third kappa shape index (κ3) is 2.67. The van der Waals surface area contributed by atoms with Gasteiger partial charge in [-0.3, -0.25) is 9.67 Å². The average Bonchev–Trinajstić information content (AvgIpc) is 3.09. The quantitative estimate of drug-likeness (QED) is 0.798. The smallest absolute Gasteiger partial charge is 0.206 e. The van der Waals surface area contributed by atoms with Crippen molar-refractivity contribution in [3.63, 3.8) is 0 Å². The Balaban J connectivity index is 1.74. The third-order valence-electron chi connectivity index (χ3n) is 2.87. The van der Waals surface area contributed by atoms with Crippen molar-refractivity contribution in [3.8, 4) is 10.7 Å². The molecule has 0 saturated carbocycles. The topological polar surface area (TPSA) is 68.5 Å². The first kappa shape index (κ1) is 12.7. The summed E-state index contributed by atoms with van der Waals surface area (Å²) in [5.74, 6) is 0. The van der Waals surface area contributed by atoms with Crippen molar-refractivity contribution in [1.82, 2.24) is 25.0 Å². The van der Waals surface area contributed by atoms with Gasteiger partial charge in [-0.1, -0.05) is 17.4 Å². The van der Waals surface area contributed by atoms with Gasteiger partial charge in [-0.2, -0.15) is 5.10 Å². The van der Waals surface area contributed by atoms with Crippen LogP contribution in [0.4, 0.5) is 5.13 Å². The Kier molecular flexibility index (Phi) is 3.42. The predicted octanol–water partition coefficient (Wildman–Crippen LogP) is 2.51. The molecule has 0 saturated heterocycles. The molecule has 6 nitrogen and oxygen atoms in total. The lowest BCUT2D eigenvalue weighted by Gasteiger charge is -2.09. The van der Waals surface area contributed by atoms with Crippen molar-refractivity contribution in [2.24, 2.45) is 7.05 Å². The van der Waals surface area contributed by atoms with Crippen molar-refractivity contribution in [2.75, 3.05) is 5.32 Å². The Bertz CT molecular complexity index is 690. The van der Waals surface area contributed by atoms with Crippen molar-refractivity contribution < 1.29 is 0 Å². The first-order chi connectivity index (χ1) is 9.72. The van der Waals surface area contributed by atoms with Crippen LogP contribution < -0.4 is 5.32 Å². The Labute approximate surface area is 120 Å². The summed E-state index contributed by atoms with van der Waals surface area (Å²) in [4.78, 5) is 4.27. The summed E-state index contributed by atoms with van der Waals surface area (Å²) in [7, 11) is 1.90. The zero-order valence-corrected chi connectivity index (χ0v) is 12.0. The number of nitrogens with one attached hydrogen (secondary N) is 1. The minimum Gasteiger partial charge on any atom is -0.353 e. The summed E-state index contributed by atoms with van der Waals surface area (Å²) >= 11 is 1.49. The molecule has 0 amide bonds. The number of aryl methyl sites for hydroxylation is 1. The zero-order chi connectivity index (χ0) is 13.9. The lowest BCUT2D eigenvalue weighted by atomic mass is 10.2. The van der Waals surface area contributed by atoms with E-state index in [1.807, 2.05) is 37.6 Å². The number of rotatable bonds is 4. The maximum Gasteiger partial charge on any atom is 0.206 e. The Morgan fingerprint density at radius 2 is 2.20 bits per heavy atom. The molecule has 20 heavy (non-hydrogen) atoms. The Hall–Kier alpha value is -2.28. The number of aromatic nitrogens is 5. The fraction of sp³-hybridized carbons (Fsp3) is 0.231. The molecule has 3 heterocycles. The van der Waals surface area contributed by atoms with E-state index in [1.165, 1.54) is 11.3 Å². The van der Waals surface area contributed by atoms with Crippen LogP contribution in [0, 0.1) is 0 Å². The van der Waals surface area contributed by atoms with Gasteiger partial charge in [-0.25, -0.2) is 0 Å². The van der Waals surface area contributed by atoms with Gasteiger partial charge in [-0.15, -0.1) is 10.2 Å². The van der Waals surface area contributed by atoms with E-state index in [4.69, 9.17) is 0 Å². The zero-order valence-electron chi connectivity index (χ0n) is 11.2. The molecule has 0 aliphatic rings. The van der Waals surface area contributed by atoms with Crippen LogP contribution in [-0.4, -0.2) is 25.0 Å². The summed E-state index contributed by atoms with van der Waals surface area (Å²) in [5, 5.41) is 17.4. The second-order valence-electron chi connectivity index (χ2n) is 4.44. The highest BCUT2D eigenvalue weighted by molar-refractivity contribution is 7.18. The fourth-order valence-corrected chi connectivity index (χ4v) is 2.61. The van der Waals surface area contributed by atoms with Gasteiger partial charge in [0, 0.05) is 25.0 Å². The van der Waals surface area contributed by atoms with Gasteiger partial charge in [0.2, 0.25) is 5.13 Å². The number of nitrogens with zero attached hydrogens (tertiary/aromatic N) is 5. The van der Waals surface area contributed by atoms with E-state index in [1.54, 1.807) is 10.9 Å². The molecule has 0 aliphatic heterocycles. The molecule has 3 aromatic heterocycles. The van der Waals surface area contributed by atoms with E-state index in [0.29, 0.717) is 0 Å². The second kappa shape index (κ2) is 5.38. The van der Waals surface area contributed by atoms with E-state index in [9.17, 15) is 0 Å². The number of hydrogen-bond acceptors (Lipinski definition) is 6. The van der Waals surface area contributed by atoms with Crippen LogP contribution in [0.25, 0.3) is 10.7 Å². The maximum absolute atomic E-state index is 4.27. The maximum atomic E-state index is 4.27. The molecule has 0 aliphatic carbocycles. The molecule has 1 unspecified atom stereocenters. The van der Waals surface area contributed by atoms with Gasteiger partial charge in [-0.05, 0) is 19.1 Å². The van der Waals surface area contributed by atoms with E-state index >= 15 is 0 Å². The molecule has 0 radical (unpaired) electrons. The number of pyridine rings is 1. The minimum atomic E-state index is 0.133. The SMILES string of the molecule is CC(Nc1nnc(-c2ccccn2)s1)c1cnn(C)c1. The molecule has 1 atom stereocenters. The summed E-state index contributed by atoms with van der Waals surface area (Å²) in [6.45, 7) is 2.07. The molecule has 102 valence electrons. The van der Waals surface area contributed by atoms with Crippen LogP contribution in [0.2, 0.25) is 0 Å². The van der Waals surface area contributed by atoms with Crippen molar-refractivity contribution in [2.45, 2.75) is 13.0 Å². The molecule has 0 bridgehead atoms. The third-order valence-corrected chi connectivity index (χ3v) is 3.75. The van der Waals surface area contributed by atoms with E-state index in [-0.39, 0.29) is 6.04 Å². The Morgan fingerprint density at radius 3 is 2.90 bits per heavy atom. The largest absolute Gasteiger partial charge is 0.353 e. The lowest BCUT2D eigenvalue weighted by Crippen LogP contribution is -2.05. The van der Waals surface area contributed by atoms with E-state index in [2.05, 4.69) is 32.5 Å². The van der Waals surface area contributed by atoms with Gasteiger partial charge >= 0.3 is 0 Å². The Morgan fingerprint density at radius 1 is 1.30 bits per heavy atom. The highest BCUT2D eigenvalue weighted by Gasteiger charge is 2.12. The first-order valence-electron chi connectivity index (χ1n) is 6.22. The van der Waals surface area contributed by atoms with Crippen LogP contribution in [0.5, 0.6) is 0 Å². The fourth-order valence-electron chi connectivity index (χ4n) is 1.81. The molecule has 0 fully saturated rings. The van der Waals surface area contributed by atoms with Gasteiger partial charge in [0.25, 0.3) is 0 Å². The molecular formula is C13H14N6S. The van der Waals surface area contributed by atoms with Gasteiger partial charge in [0.1, 0.15) is 5.69 Å². The number of anilines is 1. The van der Waals surface area contributed by atoms with Crippen LogP contribution in [0.3, 0.4) is 0 Å². The minimum absolute atomic E-state index is 0.133. The average molecular weight is 286 g/mol. The molecule has 1 N–H and O–H groups in total. The normalized spacial score (nSPS) is 12.3. The molecule has 0 aromatic carbocycles. The molecule has 3 aromatic rings. The summed E-state index contributed by atoms with van der Waals surface area (Å²) in [5.41, 5.74) is 1.95. The first-order valence-corrected chi connectivity index (χ1v) is 7.04. The van der Waals surface area contributed by atoms with Gasteiger partial charge in [0.15, 0.2) is 5.01 Å². The van der Waals surface area contributed by atoms with Crippen LogP contribution in [0.15, 0.2) is 36.8 Å². The van der Waals surface area contributed by atoms with Crippen molar-refractivity contribution in [1.29, 1.82) is 0 Å². The monoisotopic (exact) mass is 286 g/mol. The summed E-state index contributed by atoms with van der Waals surface area (Å²) in [6.07, 6.45) is 5.58. The summed E-state index contributed by atoms with van der Waals surface area (Å²) < 4.78 is 1.78. The highest BCUT2D eigenvalue weighted by Crippen LogP contribution is 2.27. The van der Waals surface area contributed by atoms with E-state index < -0.39 is 0 Å². The molecule has 0 spiro atoms. The molecule has 7 heteroatoms. The van der Waals surface area contributed by atoms with Crippen molar-refractivity contribution in [3.05, 3.63) is 42.4 Å². The van der Waals surface area contributed by atoms with Gasteiger partial charge < -0.3 is 5.32 Å². The summed E-state index contributed by atoms with van der Waals surface area (Å²) in [6, 6.07) is 5.88. The lowest BCUT2D eigenvalue weighted by molar-refractivity contribution is 0.765. The highest BCUT2D eigenvalue weighted by atomic mass is 32.1. The number of hydrogen-bond donors (Lipinski definition) is 1.